The van der Waals surface area contributed by atoms with Gasteiger partial charge in [-0.1, -0.05) is 6.92 Å². The zero-order valence-corrected chi connectivity index (χ0v) is 10.1. The van der Waals surface area contributed by atoms with E-state index in [0.717, 1.165) is 32.0 Å². The van der Waals surface area contributed by atoms with Crippen molar-refractivity contribution in [2.45, 2.75) is 40.0 Å². The summed E-state index contributed by atoms with van der Waals surface area (Å²) in [6, 6.07) is 0. The second kappa shape index (κ2) is 4.97. The Morgan fingerprint density at radius 2 is 2.20 bits per heavy atom. The molecule has 1 saturated heterocycles. The van der Waals surface area contributed by atoms with Crippen LogP contribution in [0.2, 0.25) is 0 Å². The minimum atomic E-state index is -0.687. The quantitative estimate of drug-likeness (QED) is 0.778. The van der Waals surface area contributed by atoms with E-state index in [-0.39, 0.29) is 0 Å². The number of nitrogens with zero attached hydrogens (tertiary/aromatic N) is 1. The van der Waals surface area contributed by atoms with E-state index < -0.39 is 11.4 Å². The molecule has 1 atom stereocenters. The van der Waals surface area contributed by atoms with Gasteiger partial charge in [0.15, 0.2) is 0 Å². The van der Waals surface area contributed by atoms with Gasteiger partial charge in [0.1, 0.15) is 0 Å². The Bertz CT molecular complexity index is 226. The number of carboxylic acids is 1. The van der Waals surface area contributed by atoms with Crippen molar-refractivity contribution >= 4 is 5.97 Å². The molecular formula is C12H23NO2. The van der Waals surface area contributed by atoms with Crippen molar-refractivity contribution in [3.05, 3.63) is 0 Å². The van der Waals surface area contributed by atoms with E-state index in [1.807, 2.05) is 13.8 Å². The summed E-state index contributed by atoms with van der Waals surface area (Å²) in [7, 11) is 0. The molecule has 1 aliphatic rings. The number of likely N-dealkylation sites (tertiary alicyclic amines) is 1. The molecule has 1 unspecified atom stereocenters. The first-order chi connectivity index (χ1) is 6.92. The Morgan fingerprint density at radius 1 is 1.53 bits per heavy atom. The molecule has 0 amide bonds. The van der Waals surface area contributed by atoms with Crippen molar-refractivity contribution in [1.82, 2.24) is 4.90 Å². The monoisotopic (exact) mass is 213 g/mol. The fraction of sp³-hybridized carbons (Fsp3) is 0.917. The van der Waals surface area contributed by atoms with Crippen LogP contribution in [0.25, 0.3) is 0 Å². The molecule has 1 aliphatic heterocycles. The standard InChI is InChI=1S/C12H23NO2/c1-10-5-4-7-13(9-10)8-6-12(2,3)11(14)15/h10H,4-9H2,1-3H3,(H,14,15). The summed E-state index contributed by atoms with van der Waals surface area (Å²) in [5.74, 6) is 0.0826. The number of carboxylic acid groups (broad SMARTS) is 1. The van der Waals surface area contributed by atoms with Gasteiger partial charge in [0.25, 0.3) is 0 Å². The highest BCUT2D eigenvalue weighted by atomic mass is 16.4. The van der Waals surface area contributed by atoms with Crippen molar-refractivity contribution in [1.29, 1.82) is 0 Å². The fourth-order valence-electron chi connectivity index (χ4n) is 2.03. The fourth-order valence-corrected chi connectivity index (χ4v) is 2.03. The van der Waals surface area contributed by atoms with Crippen LogP contribution in [0.1, 0.15) is 40.0 Å². The highest BCUT2D eigenvalue weighted by Crippen LogP contribution is 2.23. The Morgan fingerprint density at radius 3 is 2.73 bits per heavy atom. The van der Waals surface area contributed by atoms with Crippen LogP contribution < -0.4 is 0 Å². The van der Waals surface area contributed by atoms with Gasteiger partial charge in [-0.3, -0.25) is 4.79 Å². The van der Waals surface area contributed by atoms with E-state index in [0.29, 0.717) is 0 Å². The SMILES string of the molecule is CC1CCCN(CCC(C)(C)C(=O)O)C1. The molecule has 1 fully saturated rings. The normalized spacial score (nSPS) is 24.1. The molecule has 0 radical (unpaired) electrons. The molecule has 0 saturated carbocycles. The van der Waals surface area contributed by atoms with E-state index >= 15 is 0 Å². The molecule has 88 valence electrons. The van der Waals surface area contributed by atoms with E-state index in [9.17, 15) is 4.79 Å². The van der Waals surface area contributed by atoms with Gasteiger partial charge in [-0.15, -0.1) is 0 Å². The van der Waals surface area contributed by atoms with Gasteiger partial charge < -0.3 is 10.0 Å². The number of hydrogen-bond acceptors (Lipinski definition) is 2. The van der Waals surface area contributed by atoms with Crippen LogP contribution in [0.5, 0.6) is 0 Å². The molecule has 15 heavy (non-hydrogen) atoms. The maximum atomic E-state index is 10.9. The van der Waals surface area contributed by atoms with Crippen molar-refractivity contribution in [3.8, 4) is 0 Å². The summed E-state index contributed by atoms with van der Waals surface area (Å²) < 4.78 is 0. The van der Waals surface area contributed by atoms with Crippen molar-refractivity contribution in [2.24, 2.45) is 11.3 Å². The first-order valence-corrected chi connectivity index (χ1v) is 5.87. The second-order valence-electron chi connectivity index (χ2n) is 5.49. The number of aliphatic carboxylic acids is 1. The Kier molecular flexibility index (Phi) is 4.14. The zero-order valence-electron chi connectivity index (χ0n) is 10.1. The zero-order chi connectivity index (χ0) is 11.5. The third-order valence-electron chi connectivity index (χ3n) is 3.37. The molecule has 0 aliphatic carbocycles. The Labute approximate surface area is 92.5 Å². The van der Waals surface area contributed by atoms with Gasteiger partial charge in [0.2, 0.25) is 0 Å². The predicted octanol–water partition coefficient (Wildman–Crippen LogP) is 2.22. The Balaban J connectivity index is 2.33. The lowest BCUT2D eigenvalue weighted by Gasteiger charge is -2.32. The average molecular weight is 213 g/mol. The van der Waals surface area contributed by atoms with Crippen LogP contribution in [-0.4, -0.2) is 35.6 Å². The lowest BCUT2D eigenvalue weighted by Crippen LogP contribution is -2.38. The first-order valence-electron chi connectivity index (χ1n) is 5.87. The van der Waals surface area contributed by atoms with E-state index in [4.69, 9.17) is 5.11 Å². The van der Waals surface area contributed by atoms with E-state index in [2.05, 4.69) is 11.8 Å². The summed E-state index contributed by atoms with van der Waals surface area (Å²) in [4.78, 5) is 13.3. The number of hydrogen-bond donors (Lipinski definition) is 1. The molecule has 1 heterocycles. The lowest BCUT2D eigenvalue weighted by atomic mass is 9.89. The van der Waals surface area contributed by atoms with Crippen LogP contribution in [-0.2, 0) is 4.79 Å². The van der Waals surface area contributed by atoms with Crippen molar-refractivity contribution in [2.75, 3.05) is 19.6 Å². The minimum absolute atomic E-state index is 0.583. The molecular weight excluding hydrogens is 190 g/mol. The molecule has 0 bridgehead atoms. The average Bonchev–Trinajstić information content (AvgIpc) is 2.15. The highest BCUT2D eigenvalue weighted by molar-refractivity contribution is 5.73. The van der Waals surface area contributed by atoms with Crippen LogP contribution in [0.3, 0.4) is 0 Å². The maximum absolute atomic E-state index is 10.9. The molecule has 3 heteroatoms. The second-order valence-corrected chi connectivity index (χ2v) is 5.49. The smallest absolute Gasteiger partial charge is 0.309 e. The molecule has 3 nitrogen and oxygen atoms in total. The predicted molar refractivity (Wildman–Crippen MR) is 60.9 cm³/mol. The topological polar surface area (TPSA) is 40.5 Å². The maximum Gasteiger partial charge on any atom is 0.309 e. The summed E-state index contributed by atoms with van der Waals surface area (Å²) in [5, 5.41) is 9.00. The van der Waals surface area contributed by atoms with Crippen molar-refractivity contribution < 1.29 is 9.90 Å². The third-order valence-corrected chi connectivity index (χ3v) is 3.37. The first kappa shape index (κ1) is 12.5. The largest absolute Gasteiger partial charge is 0.481 e. The molecule has 0 spiro atoms. The van der Waals surface area contributed by atoms with E-state index in [1.165, 1.54) is 12.8 Å². The van der Waals surface area contributed by atoms with Gasteiger partial charge >= 0.3 is 5.97 Å². The molecule has 0 aromatic rings. The molecule has 0 aromatic heterocycles. The minimum Gasteiger partial charge on any atom is -0.481 e. The molecule has 0 aromatic carbocycles. The summed E-state index contributed by atoms with van der Waals surface area (Å²) in [6.07, 6.45) is 3.32. The van der Waals surface area contributed by atoms with Crippen molar-refractivity contribution in [3.63, 3.8) is 0 Å². The van der Waals surface area contributed by atoms with Crippen LogP contribution in [0.4, 0.5) is 0 Å². The van der Waals surface area contributed by atoms with Gasteiger partial charge in [-0.2, -0.15) is 0 Å². The highest BCUT2D eigenvalue weighted by Gasteiger charge is 2.28. The van der Waals surface area contributed by atoms with Gasteiger partial charge in [0.05, 0.1) is 5.41 Å². The Hall–Kier alpha value is -0.570. The third kappa shape index (κ3) is 3.82. The van der Waals surface area contributed by atoms with Crippen LogP contribution in [0.15, 0.2) is 0 Å². The van der Waals surface area contributed by atoms with Crippen LogP contribution in [0, 0.1) is 11.3 Å². The summed E-state index contributed by atoms with van der Waals surface area (Å²) >= 11 is 0. The molecule has 1 N–H and O–H groups in total. The number of rotatable bonds is 4. The lowest BCUT2D eigenvalue weighted by molar-refractivity contribution is -0.147. The summed E-state index contributed by atoms with van der Waals surface area (Å²) in [5.41, 5.74) is -0.583. The summed E-state index contributed by atoms with van der Waals surface area (Å²) in [6.45, 7) is 9.08. The van der Waals surface area contributed by atoms with Gasteiger partial charge in [0, 0.05) is 6.54 Å². The number of piperidine rings is 1. The van der Waals surface area contributed by atoms with E-state index in [1.54, 1.807) is 0 Å². The molecule has 1 rings (SSSR count). The van der Waals surface area contributed by atoms with Crippen LogP contribution >= 0.6 is 0 Å². The van der Waals surface area contributed by atoms with Gasteiger partial charge in [-0.25, -0.2) is 0 Å². The van der Waals surface area contributed by atoms with Gasteiger partial charge in [-0.05, 0) is 52.1 Å². The number of carbonyl (C=O) groups is 1.